The van der Waals surface area contributed by atoms with Crippen molar-refractivity contribution in [3.8, 4) is 0 Å². The van der Waals surface area contributed by atoms with Crippen LogP contribution < -0.4 is 5.32 Å². The summed E-state index contributed by atoms with van der Waals surface area (Å²) in [6.45, 7) is 4.28. The fourth-order valence-corrected chi connectivity index (χ4v) is 2.37. The average Bonchev–Trinajstić information content (AvgIpc) is 2.84. The highest BCUT2D eigenvalue weighted by atomic mass is 32.1. The molecule has 1 N–H and O–H groups in total. The Labute approximate surface area is 83.4 Å². The minimum atomic E-state index is 0.492. The largest absolute Gasteiger partial charge is 0.305 e. The lowest BCUT2D eigenvalue weighted by Crippen LogP contribution is -2.22. The maximum Gasteiger partial charge on any atom is 0.110 e. The number of nitrogens with zero attached hydrogens (tertiary/aromatic N) is 1. The number of thiazole rings is 1. The SMILES string of the molecule is CCC(NC1CC1)c1nc(C)cs1. The summed E-state index contributed by atoms with van der Waals surface area (Å²) in [5, 5.41) is 7.01. The summed E-state index contributed by atoms with van der Waals surface area (Å²) < 4.78 is 0. The third kappa shape index (κ3) is 2.29. The van der Waals surface area contributed by atoms with Gasteiger partial charge >= 0.3 is 0 Å². The standard InChI is InChI=1S/C10H16N2S/c1-3-9(12-8-4-5-8)10-11-7(2)6-13-10/h6,8-9,12H,3-5H2,1-2H3. The normalized spacial score (nSPS) is 18.9. The fraction of sp³-hybridized carbons (Fsp3) is 0.700. The Hall–Kier alpha value is -0.410. The van der Waals surface area contributed by atoms with Gasteiger partial charge in [-0.15, -0.1) is 11.3 Å². The Morgan fingerprint density at radius 2 is 2.46 bits per heavy atom. The number of nitrogens with one attached hydrogen (secondary N) is 1. The van der Waals surface area contributed by atoms with Crippen molar-refractivity contribution in [2.75, 3.05) is 0 Å². The summed E-state index contributed by atoms with van der Waals surface area (Å²) in [7, 11) is 0. The summed E-state index contributed by atoms with van der Waals surface area (Å²) in [5.41, 5.74) is 1.15. The van der Waals surface area contributed by atoms with Gasteiger partial charge in [0.2, 0.25) is 0 Å². The van der Waals surface area contributed by atoms with Crippen LogP contribution in [0.3, 0.4) is 0 Å². The lowest BCUT2D eigenvalue weighted by Gasteiger charge is -2.13. The molecule has 0 spiro atoms. The van der Waals surface area contributed by atoms with Gasteiger partial charge in [0.1, 0.15) is 5.01 Å². The van der Waals surface area contributed by atoms with Gasteiger partial charge in [0, 0.05) is 17.1 Å². The van der Waals surface area contributed by atoms with Gasteiger partial charge in [-0.2, -0.15) is 0 Å². The van der Waals surface area contributed by atoms with E-state index in [0.29, 0.717) is 6.04 Å². The van der Waals surface area contributed by atoms with Gasteiger partial charge in [-0.3, -0.25) is 0 Å². The molecular formula is C10H16N2S. The maximum atomic E-state index is 4.52. The summed E-state index contributed by atoms with van der Waals surface area (Å²) in [4.78, 5) is 4.52. The van der Waals surface area contributed by atoms with Gasteiger partial charge in [-0.1, -0.05) is 6.92 Å². The minimum absolute atomic E-state index is 0.492. The van der Waals surface area contributed by atoms with Crippen LogP contribution >= 0.6 is 11.3 Å². The predicted molar refractivity (Wildman–Crippen MR) is 56.0 cm³/mol. The third-order valence-electron chi connectivity index (χ3n) is 2.36. The van der Waals surface area contributed by atoms with Crippen molar-refractivity contribution in [2.45, 2.75) is 45.2 Å². The highest BCUT2D eigenvalue weighted by molar-refractivity contribution is 7.09. The predicted octanol–water partition coefficient (Wildman–Crippen LogP) is 2.65. The first kappa shape index (κ1) is 9.16. The molecule has 2 nitrogen and oxygen atoms in total. The summed E-state index contributed by atoms with van der Waals surface area (Å²) in [6, 6.07) is 1.26. The summed E-state index contributed by atoms with van der Waals surface area (Å²) >= 11 is 1.78. The Morgan fingerprint density at radius 1 is 1.69 bits per heavy atom. The van der Waals surface area contributed by atoms with Crippen LogP contribution in [0.15, 0.2) is 5.38 Å². The number of rotatable bonds is 4. The van der Waals surface area contributed by atoms with E-state index in [1.54, 1.807) is 11.3 Å². The van der Waals surface area contributed by atoms with Crippen LogP contribution in [0.4, 0.5) is 0 Å². The van der Waals surface area contributed by atoms with Crippen molar-refractivity contribution in [3.63, 3.8) is 0 Å². The van der Waals surface area contributed by atoms with Crippen molar-refractivity contribution < 1.29 is 0 Å². The van der Waals surface area contributed by atoms with Crippen LogP contribution in [0, 0.1) is 6.92 Å². The summed E-state index contributed by atoms with van der Waals surface area (Å²) in [6.07, 6.45) is 3.84. The highest BCUT2D eigenvalue weighted by Crippen LogP contribution is 2.27. The molecule has 1 saturated carbocycles. The van der Waals surface area contributed by atoms with Crippen molar-refractivity contribution in [2.24, 2.45) is 0 Å². The molecule has 1 unspecified atom stereocenters. The Kier molecular flexibility index (Phi) is 2.65. The van der Waals surface area contributed by atoms with Crippen LogP contribution in [0.2, 0.25) is 0 Å². The number of aryl methyl sites for hydroxylation is 1. The van der Waals surface area contributed by atoms with Gasteiger partial charge in [-0.25, -0.2) is 4.98 Å². The molecule has 2 rings (SSSR count). The lowest BCUT2D eigenvalue weighted by atomic mass is 10.2. The zero-order chi connectivity index (χ0) is 9.26. The molecule has 72 valence electrons. The number of hydrogen-bond donors (Lipinski definition) is 1. The van der Waals surface area contributed by atoms with Gasteiger partial charge < -0.3 is 5.32 Å². The van der Waals surface area contributed by atoms with E-state index in [1.165, 1.54) is 17.8 Å². The van der Waals surface area contributed by atoms with Gasteiger partial charge in [-0.05, 0) is 26.2 Å². The van der Waals surface area contributed by atoms with Crippen LogP contribution in [-0.2, 0) is 0 Å². The molecule has 0 aromatic carbocycles. The van der Waals surface area contributed by atoms with Crippen molar-refractivity contribution >= 4 is 11.3 Å². The van der Waals surface area contributed by atoms with Crippen LogP contribution in [0.25, 0.3) is 0 Å². The number of aromatic nitrogens is 1. The van der Waals surface area contributed by atoms with E-state index in [4.69, 9.17) is 0 Å². The average molecular weight is 196 g/mol. The molecule has 1 aromatic heterocycles. The van der Waals surface area contributed by atoms with E-state index < -0.39 is 0 Å². The molecule has 0 aliphatic heterocycles. The molecule has 1 atom stereocenters. The first-order chi connectivity index (χ1) is 6.29. The molecule has 0 radical (unpaired) electrons. The van der Waals surface area contributed by atoms with Crippen molar-refractivity contribution in [3.05, 3.63) is 16.1 Å². The van der Waals surface area contributed by atoms with E-state index in [-0.39, 0.29) is 0 Å². The van der Waals surface area contributed by atoms with Crippen molar-refractivity contribution in [1.29, 1.82) is 0 Å². The zero-order valence-corrected chi connectivity index (χ0v) is 9.03. The van der Waals surface area contributed by atoms with Crippen LogP contribution in [-0.4, -0.2) is 11.0 Å². The third-order valence-corrected chi connectivity index (χ3v) is 3.43. The molecule has 3 heteroatoms. The van der Waals surface area contributed by atoms with Gasteiger partial charge in [0.05, 0.1) is 6.04 Å². The second-order valence-electron chi connectivity index (χ2n) is 3.73. The number of hydrogen-bond acceptors (Lipinski definition) is 3. The van der Waals surface area contributed by atoms with E-state index in [9.17, 15) is 0 Å². The zero-order valence-electron chi connectivity index (χ0n) is 8.21. The topological polar surface area (TPSA) is 24.9 Å². The molecule has 0 bridgehead atoms. The Bertz CT molecular complexity index is 278. The van der Waals surface area contributed by atoms with E-state index in [0.717, 1.165) is 18.2 Å². The fourth-order valence-electron chi connectivity index (χ4n) is 1.43. The Morgan fingerprint density at radius 3 is 2.92 bits per heavy atom. The molecule has 1 aromatic rings. The van der Waals surface area contributed by atoms with Crippen molar-refractivity contribution in [1.82, 2.24) is 10.3 Å². The monoisotopic (exact) mass is 196 g/mol. The van der Waals surface area contributed by atoms with Crippen LogP contribution in [0.5, 0.6) is 0 Å². The molecular weight excluding hydrogens is 180 g/mol. The molecule has 0 amide bonds. The quantitative estimate of drug-likeness (QED) is 0.800. The maximum absolute atomic E-state index is 4.52. The molecule has 1 aliphatic rings. The van der Waals surface area contributed by atoms with Crippen LogP contribution in [0.1, 0.15) is 42.9 Å². The molecule has 13 heavy (non-hydrogen) atoms. The first-order valence-corrected chi connectivity index (χ1v) is 5.85. The highest BCUT2D eigenvalue weighted by Gasteiger charge is 2.25. The summed E-state index contributed by atoms with van der Waals surface area (Å²) in [5.74, 6) is 0. The van der Waals surface area contributed by atoms with E-state index >= 15 is 0 Å². The second-order valence-corrected chi connectivity index (χ2v) is 4.62. The smallest absolute Gasteiger partial charge is 0.110 e. The minimum Gasteiger partial charge on any atom is -0.305 e. The molecule has 1 aliphatic carbocycles. The molecule has 1 fully saturated rings. The molecule has 0 saturated heterocycles. The van der Waals surface area contributed by atoms with Gasteiger partial charge in [0.25, 0.3) is 0 Å². The second kappa shape index (κ2) is 3.76. The lowest BCUT2D eigenvalue weighted by molar-refractivity contribution is 0.513. The van der Waals surface area contributed by atoms with E-state index in [1.807, 2.05) is 0 Å². The Balaban J connectivity index is 2.01. The van der Waals surface area contributed by atoms with E-state index in [2.05, 4.69) is 29.5 Å². The van der Waals surface area contributed by atoms with Gasteiger partial charge in [0.15, 0.2) is 0 Å². The molecule has 1 heterocycles. The first-order valence-electron chi connectivity index (χ1n) is 4.97.